The second-order valence-electron chi connectivity index (χ2n) is 4.10. The molecule has 0 aliphatic rings. The summed E-state index contributed by atoms with van der Waals surface area (Å²) in [6.07, 6.45) is -4.43. The molecule has 0 aliphatic heterocycles. The van der Waals surface area contributed by atoms with Crippen LogP contribution < -0.4 is 11.1 Å². The molecule has 0 spiro atoms. The third-order valence-electron chi connectivity index (χ3n) is 2.55. The van der Waals surface area contributed by atoms with Crippen LogP contribution in [0.15, 0.2) is 29.6 Å². The summed E-state index contributed by atoms with van der Waals surface area (Å²) in [5.41, 5.74) is 4.95. The van der Waals surface area contributed by atoms with Crippen LogP contribution in [0, 0.1) is 0 Å². The van der Waals surface area contributed by atoms with Crippen molar-refractivity contribution < 1.29 is 23.1 Å². The van der Waals surface area contributed by atoms with Crippen molar-refractivity contribution >= 4 is 28.1 Å². The SMILES string of the molecule is NC(C(=O)O)c1csc(Nc2cccc(C(F)(F)F)c2)n1. The van der Waals surface area contributed by atoms with Crippen molar-refractivity contribution in [2.75, 3.05) is 5.32 Å². The van der Waals surface area contributed by atoms with Crippen molar-refractivity contribution in [1.29, 1.82) is 0 Å². The Kier molecular flexibility index (Phi) is 4.14. The maximum atomic E-state index is 12.6. The van der Waals surface area contributed by atoms with Gasteiger partial charge in [0.25, 0.3) is 0 Å². The molecule has 0 amide bonds. The molecule has 1 unspecified atom stereocenters. The van der Waals surface area contributed by atoms with Gasteiger partial charge < -0.3 is 16.2 Å². The molecule has 1 atom stereocenters. The van der Waals surface area contributed by atoms with E-state index in [9.17, 15) is 18.0 Å². The zero-order chi connectivity index (χ0) is 15.6. The lowest BCUT2D eigenvalue weighted by atomic mass is 10.2. The average molecular weight is 317 g/mol. The van der Waals surface area contributed by atoms with Gasteiger partial charge >= 0.3 is 12.1 Å². The first-order valence-corrected chi connectivity index (χ1v) is 6.53. The molecule has 0 bridgehead atoms. The number of aromatic nitrogens is 1. The number of nitrogens with zero attached hydrogens (tertiary/aromatic N) is 1. The number of aliphatic carboxylic acids is 1. The number of hydrogen-bond acceptors (Lipinski definition) is 5. The number of carboxylic acids is 1. The minimum absolute atomic E-state index is 0.141. The first-order chi connectivity index (χ1) is 9.77. The normalized spacial score (nSPS) is 13.0. The summed E-state index contributed by atoms with van der Waals surface area (Å²) in [5, 5.41) is 13.1. The summed E-state index contributed by atoms with van der Waals surface area (Å²) in [6.45, 7) is 0. The van der Waals surface area contributed by atoms with Gasteiger partial charge in [-0.15, -0.1) is 11.3 Å². The molecule has 0 saturated heterocycles. The van der Waals surface area contributed by atoms with Gasteiger partial charge in [-0.25, -0.2) is 4.98 Å². The lowest BCUT2D eigenvalue weighted by Gasteiger charge is -2.09. The second-order valence-corrected chi connectivity index (χ2v) is 4.96. The van der Waals surface area contributed by atoms with E-state index in [0.29, 0.717) is 0 Å². The fourth-order valence-electron chi connectivity index (χ4n) is 1.51. The van der Waals surface area contributed by atoms with Crippen molar-refractivity contribution in [3.8, 4) is 0 Å². The van der Waals surface area contributed by atoms with Crippen LogP contribution in [0.25, 0.3) is 0 Å². The van der Waals surface area contributed by atoms with Crippen LogP contribution in [0.4, 0.5) is 24.0 Å². The van der Waals surface area contributed by atoms with Gasteiger partial charge in [-0.05, 0) is 18.2 Å². The highest BCUT2D eigenvalue weighted by molar-refractivity contribution is 7.13. The van der Waals surface area contributed by atoms with Gasteiger partial charge in [0.1, 0.15) is 6.04 Å². The summed E-state index contributed by atoms with van der Waals surface area (Å²) in [4.78, 5) is 14.7. The van der Waals surface area contributed by atoms with Gasteiger partial charge in [0, 0.05) is 11.1 Å². The summed E-state index contributed by atoms with van der Waals surface area (Å²) < 4.78 is 37.7. The van der Waals surface area contributed by atoms with Gasteiger partial charge in [-0.3, -0.25) is 4.79 Å². The zero-order valence-corrected chi connectivity index (χ0v) is 11.2. The van der Waals surface area contributed by atoms with E-state index >= 15 is 0 Å². The van der Waals surface area contributed by atoms with Crippen LogP contribution in [0.5, 0.6) is 0 Å². The first-order valence-electron chi connectivity index (χ1n) is 5.65. The number of carbonyl (C=O) groups is 1. The Morgan fingerprint density at radius 1 is 1.43 bits per heavy atom. The van der Waals surface area contributed by atoms with Crippen molar-refractivity contribution in [3.05, 3.63) is 40.9 Å². The monoisotopic (exact) mass is 317 g/mol. The van der Waals surface area contributed by atoms with Gasteiger partial charge in [0.15, 0.2) is 5.13 Å². The van der Waals surface area contributed by atoms with Crippen LogP contribution in [0.1, 0.15) is 17.3 Å². The molecule has 0 saturated carbocycles. The number of thiazole rings is 1. The Morgan fingerprint density at radius 3 is 2.76 bits per heavy atom. The molecule has 1 aromatic carbocycles. The Balaban J connectivity index is 2.18. The van der Waals surface area contributed by atoms with E-state index in [1.165, 1.54) is 17.5 Å². The van der Waals surface area contributed by atoms with Crippen LogP contribution >= 0.6 is 11.3 Å². The topological polar surface area (TPSA) is 88.2 Å². The minimum Gasteiger partial charge on any atom is -0.480 e. The van der Waals surface area contributed by atoms with Gasteiger partial charge in [0.2, 0.25) is 0 Å². The van der Waals surface area contributed by atoms with Crippen LogP contribution in [0.2, 0.25) is 0 Å². The number of carboxylic acid groups (broad SMARTS) is 1. The largest absolute Gasteiger partial charge is 0.480 e. The number of benzene rings is 1. The number of rotatable bonds is 4. The van der Waals surface area contributed by atoms with E-state index in [1.807, 2.05) is 0 Å². The number of nitrogens with one attached hydrogen (secondary N) is 1. The molecule has 2 aromatic rings. The van der Waals surface area contributed by atoms with E-state index in [1.54, 1.807) is 0 Å². The fraction of sp³-hybridized carbons (Fsp3) is 0.167. The summed E-state index contributed by atoms with van der Waals surface area (Å²) in [7, 11) is 0. The van der Waals surface area contributed by atoms with E-state index in [0.717, 1.165) is 23.5 Å². The highest BCUT2D eigenvalue weighted by atomic mass is 32.1. The molecule has 0 fully saturated rings. The number of alkyl halides is 3. The molecular weight excluding hydrogens is 307 g/mol. The second kappa shape index (κ2) is 5.70. The molecule has 9 heteroatoms. The molecule has 0 aliphatic carbocycles. The predicted molar refractivity (Wildman–Crippen MR) is 71.4 cm³/mol. The lowest BCUT2D eigenvalue weighted by molar-refractivity contribution is -0.139. The molecule has 4 N–H and O–H groups in total. The molecular formula is C12H10F3N3O2S. The smallest absolute Gasteiger partial charge is 0.416 e. The number of anilines is 2. The maximum absolute atomic E-state index is 12.6. The molecule has 2 rings (SSSR count). The predicted octanol–water partition coefficient (Wildman–Crippen LogP) is 2.99. The molecule has 1 aromatic heterocycles. The van der Waals surface area contributed by atoms with Gasteiger partial charge in [-0.2, -0.15) is 13.2 Å². The Morgan fingerprint density at radius 2 is 2.14 bits per heavy atom. The van der Waals surface area contributed by atoms with E-state index in [4.69, 9.17) is 10.8 Å². The molecule has 21 heavy (non-hydrogen) atoms. The molecule has 0 radical (unpaired) electrons. The van der Waals surface area contributed by atoms with Crippen molar-refractivity contribution in [2.45, 2.75) is 12.2 Å². The summed E-state index contributed by atoms with van der Waals surface area (Å²) in [5.74, 6) is -1.23. The standard InChI is InChI=1S/C12H10F3N3O2S/c13-12(14,15)6-2-1-3-7(4-6)17-11-18-8(5-21-11)9(16)10(19)20/h1-5,9H,16H2,(H,17,18)(H,19,20). The molecule has 5 nitrogen and oxygen atoms in total. The zero-order valence-electron chi connectivity index (χ0n) is 10.4. The Bertz CT molecular complexity index is 657. The van der Waals surface area contributed by atoms with E-state index < -0.39 is 23.8 Å². The maximum Gasteiger partial charge on any atom is 0.416 e. The molecule has 1 heterocycles. The van der Waals surface area contributed by atoms with E-state index in [-0.39, 0.29) is 16.5 Å². The third-order valence-corrected chi connectivity index (χ3v) is 3.32. The number of halogens is 3. The number of nitrogens with two attached hydrogens (primary N) is 1. The highest BCUT2D eigenvalue weighted by Crippen LogP contribution is 2.32. The fourth-order valence-corrected chi connectivity index (χ4v) is 2.28. The lowest BCUT2D eigenvalue weighted by Crippen LogP contribution is -2.20. The third kappa shape index (κ3) is 3.70. The number of hydrogen-bond donors (Lipinski definition) is 3. The van der Waals surface area contributed by atoms with Crippen molar-refractivity contribution in [2.24, 2.45) is 5.73 Å². The van der Waals surface area contributed by atoms with E-state index in [2.05, 4.69) is 10.3 Å². The highest BCUT2D eigenvalue weighted by Gasteiger charge is 2.30. The van der Waals surface area contributed by atoms with Crippen LogP contribution in [0.3, 0.4) is 0 Å². The average Bonchev–Trinajstić information content (AvgIpc) is 2.85. The van der Waals surface area contributed by atoms with Crippen molar-refractivity contribution in [3.63, 3.8) is 0 Å². The Labute approximate surface area is 121 Å². The van der Waals surface area contributed by atoms with Crippen LogP contribution in [-0.4, -0.2) is 16.1 Å². The summed E-state index contributed by atoms with van der Waals surface area (Å²) >= 11 is 1.06. The Hall–Kier alpha value is -2.13. The van der Waals surface area contributed by atoms with Crippen molar-refractivity contribution in [1.82, 2.24) is 4.98 Å². The van der Waals surface area contributed by atoms with Gasteiger partial charge in [-0.1, -0.05) is 6.07 Å². The summed E-state index contributed by atoms with van der Waals surface area (Å²) in [6, 6.07) is 3.35. The van der Waals surface area contributed by atoms with Gasteiger partial charge in [0.05, 0.1) is 11.3 Å². The van der Waals surface area contributed by atoms with Crippen LogP contribution in [-0.2, 0) is 11.0 Å². The quantitative estimate of drug-likeness (QED) is 0.807. The minimum atomic E-state index is -4.43. The molecule has 112 valence electrons. The first kappa shape index (κ1) is 15.3.